The van der Waals surface area contributed by atoms with Crippen LogP contribution in [0.25, 0.3) is 0 Å². The summed E-state index contributed by atoms with van der Waals surface area (Å²) in [5.74, 6) is 1.79. The van der Waals surface area contributed by atoms with Gasteiger partial charge >= 0.3 is 0 Å². The van der Waals surface area contributed by atoms with Crippen LogP contribution in [0.3, 0.4) is 0 Å². The predicted octanol–water partition coefficient (Wildman–Crippen LogP) is 2.81. The van der Waals surface area contributed by atoms with E-state index in [1.807, 2.05) is 43.7 Å². The van der Waals surface area contributed by atoms with Gasteiger partial charge in [-0.3, -0.25) is 0 Å². The van der Waals surface area contributed by atoms with E-state index in [1.54, 1.807) is 11.8 Å². The van der Waals surface area contributed by atoms with Gasteiger partial charge in [0.05, 0.1) is 5.03 Å². The zero-order valence-corrected chi connectivity index (χ0v) is 9.87. The minimum atomic E-state index is 0.895. The van der Waals surface area contributed by atoms with Crippen molar-refractivity contribution in [2.24, 2.45) is 0 Å². The summed E-state index contributed by atoms with van der Waals surface area (Å²) in [7, 11) is 1.87. The maximum absolute atomic E-state index is 4.26. The van der Waals surface area contributed by atoms with Crippen molar-refractivity contribution in [3.63, 3.8) is 0 Å². The number of thioether (sulfide) groups is 1. The molecule has 0 aromatic carbocycles. The van der Waals surface area contributed by atoms with Gasteiger partial charge < -0.3 is 5.32 Å². The number of pyridine rings is 2. The highest BCUT2D eigenvalue weighted by Crippen LogP contribution is 2.20. The summed E-state index contributed by atoms with van der Waals surface area (Å²) in [6.45, 7) is 0. The number of nitrogens with one attached hydrogen (secondary N) is 1. The van der Waals surface area contributed by atoms with E-state index in [2.05, 4.69) is 21.4 Å². The van der Waals surface area contributed by atoms with Crippen LogP contribution in [-0.4, -0.2) is 17.0 Å². The summed E-state index contributed by atoms with van der Waals surface area (Å²) in [5.41, 5.74) is 1.20. The number of rotatable bonds is 4. The summed E-state index contributed by atoms with van der Waals surface area (Å²) in [4.78, 5) is 8.52. The van der Waals surface area contributed by atoms with Crippen molar-refractivity contribution in [1.82, 2.24) is 9.97 Å². The summed E-state index contributed by atoms with van der Waals surface area (Å²) in [6.07, 6.45) is 3.70. The number of nitrogens with zero attached hydrogens (tertiary/aromatic N) is 2. The second-order valence-corrected chi connectivity index (χ2v) is 4.25. The molecule has 0 spiro atoms. The monoisotopic (exact) mass is 231 g/mol. The second-order valence-electron chi connectivity index (χ2n) is 3.26. The van der Waals surface area contributed by atoms with Crippen LogP contribution in [0.2, 0.25) is 0 Å². The van der Waals surface area contributed by atoms with E-state index in [-0.39, 0.29) is 0 Å². The lowest BCUT2D eigenvalue weighted by atomic mass is 10.3. The first-order valence-corrected chi connectivity index (χ1v) is 6.03. The van der Waals surface area contributed by atoms with Gasteiger partial charge in [-0.1, -0.05) is 12.1 Å². The molecule has 2 aromatic rings. The average Bonchev–Trinajstić information content (AvgIpc) is 2.38. The standard InChI is InChI=1S/C12H13N3S/c1-13-11-6-5-10(8-15-11)9-16-12-4-2-3-7-14-12/h2-8H,9H2,1H3,(H,13,15). The molecule has 0 saturated carbocycles. The first kappa shape index (κ1) is 11.0. The molecule has 0 bridgehead atoms. The predicted molar refractivity (Wildman–Crippen MR) is 67.6 cm³/mol. The lowest BCUT2D eigenvalue weighted by Gasteiger charge is -2.02. The van der Waals surface area contributed by atoms with E-state index < -0.39 is 0 Å². The van der Waals surface area contributed by atoms with Crippen LogP contribution >= 0.6 is 11.8 Å². The van der Waals surface area contributed by atoms with Crippen molar-refractivity contribution in [2.75, 3.05) is 12.4 Å². The van der Waals surface area contributed by atoms with E-state index in [0.717, 1.165) is 16.6 Å². The van der Waals surface area contributed by atoms with Gasteiger partial charge in [0.1, 0.15) is 5.82 Å². The molecular weight excluding hydrogens is 218 g/mol. The summed E-state index contributed by atoms with van der Waals surface area (Å²) in [5, 5.41) is 4.04. The fraction of sp³-hybridized carbons (Fsp3) is 0.167. The second kappa shape index (κ2) is 5.51. The van der Waals surface area contributed by atoms with Crippen molar-refractivity contribution in [2.45, 2.75) is 10.8 Å². The maximum Gasteiger partial charge on any atom is 0.125 e. The van der Waals surface area contributed by atoms with Gasteiger partial charge in [-0.25, -0.2) is 9.97 Å². The van der Waals surface area contributed by atoms with E-state index >= 15 is 0 Å². The quantitative estimate of drug-likeness (QED) is 0.821. The van der Waals surface area contributed by atoms with Gasteiger partial charge in [-0.2, -0.15) is 0 Å². The van der Waals surface area contributed by atoms with Gasteiger partial charge in [-0.05, 0) is 23.8 Å². The van der Waals surface area contributed by atoms with Gasteiger partial charge in [0, 0.05) is 25.2 Å². The zero-order valence-electron chi connectivity index (χ0n) is 9.05. The number of aromatic nitrogens is 2. The molecule has 3 nitrogen and oxygen atoms in total. The minimum absolute atomic E-state index is 0.895. The Morgan fingerprint density at radius 1 is 1.19 bits per heavy atom. The van der Waals surface area contributed by atoms with Crippen LogP contribution in [0.4, 0.5) is 5.82 Å². The molecule has 2 rings (SSSR count). The highest BCUT2D eigenvalue weighted by Gasteiger charge is 1.97. The Hall–Kier alpha value is -1.55. The summed E-state index contributed by atoms with van der Waals surface area (Å²) >= 11 is 1.72. The first-order valence-electron chi connectivity index (χ1n) is 5.05. The van der Waals surface area contributed by atoms with Gasteiger partial charge in [0.25, 0.3) is 0 Å². The largest absolute Gasteiger partial charge is 0.373 e. The zero-order chi connectivity index (χ0) is 11.2. The van der Waals surface area contributed by atoms with Crippen molar-refractivity contribution >= 4 is 17.6 Å². The molecule has 0 fully saturated rings. The Kier molecular flexibility index (Phi) is 3.77. The van der Waals surface area contributed by atoms with Gasteiger partial charge in [0.15, 0.2) is 0 Å². The van der Waals surface area contributed by atoms with Crippen LogP contribution in [-0.2, 0) is 5.75 Å². The van der Waals surface area contributed by atoms with E-state index in [4.69, 9.17) is 0 Å². The van der Waals surface area contributed by atoms with E-state index in [0.29, 0.717) is 0 Å². The highest BCUT2D eigenvalue weighted by atomic mass is 32.2. The molecule has 0 amide bonds. The lowest BCUT2D eigenvalue weighted by molar-refractivity contribution is 1.13. The van der Waals surface area contributed by atoms with E-state index in [1.165, 1.54) is 5.56 Å². The first-order chi connectivity index (χ1) is 7.88. The minimum Gasteiger partial charge on any atom is -0.373 e. The lowest BCUT2D eigenvalue weighted by Crippen LogP contribution is -1.92. The number of hydrogen-bond donors (Lipinski definition) is 1. The molecule has 82 valence electrons. The van der Waals surface area contributed by atoms with Crippen molar-refractivity contribution < 1.29 is 0 Å². The van der Waals surface area contributed by atoms with Gasteiger partial charge in [0.2, 0.25) is 0 Å². The number of hydrogen-bond acceptors (Lipinski definition) is 4. The molecule has 1 N–H and O–H groups in total. The molecule has 2 aromatic heterocycles. The number of anilines is 1. The molecule has 0 unspecified atom stereocenters. The molecule has 16 heavy (non-hydrogen) atoms. The normalized spacial score (nSPS) is 10.1. The Morgan fingerprint density at radius 2 is 2.12 bits per heavy atom. The van der Waals surface area contributed by atoms with Crippen LogP contribution in [0.15, 0.2) is 47.8 Å². The third-order valence-electron chi connectivity index (χ3n) is 2.11. The molecule has 4 heteroatoms. The van der Waals surface area contributed by atoms with Crippen LogP contribution in [0.1, 0.15) is 5.56 Å². The molecule has 0 aliphatic rings. The Morgan fingerprint density at radius 3 is 2.75 bits per heavy atom. The van der Waals surface area contributed by atoms with Crippen molar-refractivity contribution in [1.29, 1.82) is 0 Å². The fourth-order valence-electron chi connectivity index (χ4n) is 1.25. The topological polar surface area (TPSA) is 37.8 Å². The van der Waals surface area contributed by atoms with Gasteiger partial charge in [-0.15, -0.1) is 11.8 Å². The van der Waals surface area contributed by atoms with Crippen LogP contribution < -0.4 is 5.32 Å². The molecule has 0 atom stereocenters. The Balaban J connectivity index is 1.94. The molecule has 0 radical (unpaired) electrons. The Labute approximate surface area is 99.3 Å². The maximum atomic E-state index is 4.26. The molecule has 0 saturated heterocycles. The van der Waals surface area contributed by atoms with Crippen LogP contribution in [0, 0.1) is 0 Å². The molecule has 0 aliphatic carbocycles. The van der Waals surface area contributed by atoms with E-state index in [9.17, 15) is 0 Å². The smallest absolute Gasteiger partial charge is 0.125 e. The fourth-order valence-corrected chi connectivity index (χ4v) is 2.04. The highest BCUT2D eigenvalue weighted by molar-refractivity contribution is 7.98. The molecular formula is C12H13N3S. The third-order valence-corrected chi connectivity index (χ3v) is 3.12. The summed E-state index contributed by atoms with van der Waals surface area (Å²) in [6, 6.07) is 9.99. The average molecular weight is 231 g/mol. The van der Waals surface area contributed by atoms with Crippen LogP contribution in [0.5, 0.6) is 0 Å². The SMILES string of the molecule is CNc1ccc(CSc2ccccn2)cn1. The Bertz CT molecular complexity index is 428. The van der Waals surface area contributed by atoms with Crippen molar-refractivity contribution in [3.05, 3.63) is 48.3 Å². The van der Waals surface area contributed by atoms with Crippen molar-refractivity contribution in [3.8, 4) is 0 Å². The summed E-state index contributed by atoms with van der Waals surface area (Å²) < 4.78 is 0. The molecule has 2 heterocycles. The molecule has 0 aliphatic heterocycles. The third kappa shape index (κ3) is 2.97.